The van der Waals surface area contributed by atoms with E-state index in [1.165, 1.54) is 0 Å². The van der Waals surface area contributed by atoms with E-state index in [1.54, 1.807) is 30.0 Å². The van der Waals surface area contributed by atoms with Crippen molar-refractivity contribution in [3.8, 4) is 0 Å². The maximum atomic E-state index is 12.2. The zero-order valence-electron chi connectivity index (χ0n) is 11.5. The molecule has 4 nitrogen and oxygen atoms in total. The standard InChI is InChI=1S/C13H22N2O2S2/c1-3-9-14-12-7-4-5-8-13(12)19(16,17)15-10-6-11-18-2/h4-5,7-8,14-15H,3,6,9-11H2,1-2H3. The van der Waals surface area contributed by atoms with Crippen LogP contribution in [0.2, 0.25) is 0 Å². The number of thioether (sulfide) groups is 1. The number of benzene rings is 1. The zero-order valence-corrected chi connectivity index (χ0v) is 13.1. The predicted molar refractivity (Wildman–Crippen MR) is 83.4 cm³/mol. The third-order valence-electron chi connectivity index (χ3n) is 2.56. The molecule has 1 aromatic rings. The first kappa shape index (κ1) is 16.3. The van der Waals surface area contributed by atoms with E-state index in [9.17, 15) is 8.42 Å². The number of hydrogen-bond donors (Lipinski definition) is 2. The van der Waals surface area contributed by atoms with Gasteiger partial charge in [0.15, 0.2) is 0 Å². The Kier molecular flexibility index (Phi) is 7.27. The van der Waals surface area contributed by atoms with Gasteiger partial charge in [-0.2, -0.15) is 11.8 Å². The molecule has 0 saturated carbocycles. The summed E-state index contributed by atoms with van der Waals surface area (Å²) >= 11 is 1.72. The molecule has 0 aliphatic rings. The first-order valence-electron chi connectivity index (χ1n) is 6.43. The largest absolute Gasteiger partial charge is 0.384 e. The summed E-state index contributed by atoms with van der Waals surface area (Å²) in [4.78, 5) is 0.326. The topological polar surface area (TPSA) is 58.2 Å². The first-order valence-corrected chi connectivity index (χ1v) is 9.31. The molecule has 0 aromatic heterocycles. The molecular formula is C13H22N2O2S2. The average molecular weight is 302 g/mol. The molecule has 1 rings (SSSR count). The minimum atomic E-state index is -3.42. The van der Waals surface area contributed by atoms with Gasteiger partial charge in [-0.05, 0) is 37.0 Å². The molecule has 6 heteroatoms. The van der Waals surface area contributed by atoms with E-state index in [0.717, 1.165) is 25.1 Å². The Hall–Kier alpha value is -0.720. The van der Waals surface area contributed by atoms with E-state index in [-0.39, 0.29) is 0 Å². The lowest BCUT2D eigenvalue weighted by Crippen LogP contribution is -2.26. The SMILES string of the molecule is CCCNc1ccccc1S(=O)(=O)NCCCSC. The van der Waals surface area contributed by atoms with Crippen molar-refractivity contribution in [3.05, 3.63) is 24.3 Å². The number of anilines is 1. The van der Waals surface area contributed by atoms with Crippen LogP contribution in [0.4, 0.5) is 5.69 Å². The van der Waals surface area contributed by atoms with Crippen LogP contribution in [0.5, 0.6) is 0 Å². The molecule has 108 valence electrons. The van der Waals surface area contributed by atoms with E-state index >= 15 is 0 Å². The van der Waals surface area contributed by atoms with Gasteiger partial charge in [-0.1, -0.05) is 19.1 Å². The monoisotopic (exact) mass is 302 g/mol. The number of hydrogen-bond acceptors (Lipinski definition) is 4. The number of sulfonamides is 1. The summed E-state index contributed by atoms with van der Waals surface area (Å²) in [6.45, 7) is 3.29. The van der Waals surface area contributed by atoms with Crippen LogP contribution >= 0.6 is 11.8 Å². The Balaban J connectivity index is 2.76. The van der Waals surface area contributed by atoms with Crippen LogP contribution in [0.25, 0.3) is 0 Å². The molecule has 0 radical (unpaired) electrons. The Labute approximate surface area is 120 Å². The van der Waals surface area contributed by atoms with Gasteiger partial charge in [0.05, 0.1) is 5.69 Å². The Morgan fingerprint density at radius 3 is 2.63 bits per heavy atom. The van der Waals surface area contributed by atoms with Gasteiger partial charge >= 0.3 is 0 Å². The quantitative estimate of drug-likeness (QED) is 0.688. The van der Waals surface area contributed by atoms with Crippen LogP contribution in [0, 0.1) is 0 Å². The summed E-state index contributed by atoms with van der Waals surface area (Å²) in [7, 11) is -3.42. The van der Waals surface area contributed by atoms with Crippen molar-refractivity contribution in [3.63, 3.8) is 0 Å². The first-order chi connectivity index (χ1) is 9.11. The second kappa shape index (κ2) is 8.45. The highest BCUT2D eigenvalue weighted by molar-refractivity contribution is 7.98. The fourth-order valence-corrected chi connectivity index (χ4v) is 3.30. The molecule has 19 heavy (non-hydrogen) atoms. The minimum absolute atomic E-state index is 0.326. The maximum absolute atomic E-state index is 12.2. The summed E-state index contributed by atoms with van der Waals surface area (Å²) in [5.74, 6) is 0.957. The van der Waals surface area contributed by atoms with Crippen LogP contribution in [0.15, 0.2) is 29.2 Å². The summed E-state index contributed by atoms with van der Waals surface area (Å²) in [5, 5.41) is 3.15. The molecule has 0 saturated heterocycles. The predicted octanol–water partition coefficient (Wildman–Crippen LogP) is 2.54. The lowest BCUT2D eigenvalue weighted by atomic mass is 10.3. The fraction of sp³-hybridized carbons (Fsp3) is 0.538. The fourth-order valence-electron chi connectivity index (χ4n) is 1.61. The van der Waals surface area contributed by atoms with Crippen molar-refractivity contribution in [2.45, 2.75) is 24.7 Å². The molecule has 0 heterocycles. The van der Waals surface area contributed by atoms with Crippen LogP contribution in [-0.4, -0.2) is 33.5 Å². The lowest BCUT2D eigenvalue weighted by molar-refractivity contribution is 0.581. The van der Waals surface area contributed by atoms with Crippen LogP contribution in [0.3, 0.4) is 0 Å². The van der Waals surface area contributed by atoms with Crippen molar-refractivity contribution >= 4 is 27.5 Å². The van der Waals surface area contributed by atoms with Gasteiger partial charge in [0.25, 0.3) is 0 Å². The van der Waals surface area contributed by atoms with Crippen molar-refractivity contribution in [1.29, 1.82) is 0 Å². The van der Waals surface area contributed by atoms with Gasteiger partial charge in [-0.15, -0.1) is 0 Å². The maximum Gasteiger partial charge on any atom is 0.242 e. The molecule has 2 N–H and O–H groups in total. The molecular weight excluding hydrogens is 280 g/mol. The van der Waals surface area contributed by atoms with Gasteiger partial charge < -0.3 is 5.32 Å². The highest BCUT2D eigenvalue weighted by Crippen LogP contribution is 2.20. The Morgan fingerprint density at radius 2 is 1.95 bits per heavy atom. The average Bonchev–Trinajstić information content (AvgIpc) is 2.41. The summed E-state index contributed by atoms with van der Waals surface area (Å²) in [5.41, 5.74) is 0.668. The van der Waals surface area contributed by atoms with Crippen molar-refractivity contribution in [2.24, 2.45) is 0 Å². The van der Waals surface area contributed by atoms with E-state index in [2.05, 4.69) is 10.0 Å². The molecule has 1 aromatic carbocycles. The number of rotatable bonds is 9. The highest BCUT2D eigenvalue weighted by Gasteiger charge is 2.17. The number of nitrogens with one attached hydrogen (secondary N) is 2. The van der Waals surface area contributed by atoms with Crippen molar-refractivity contribution in [2.75, 3.05) is 30.4 Å². The lowest BCUT2D eigenvalue weighted by Gasteiger charge is -2.12. The summed E-state index contributed by atoms with van der Waals surface area (Å²) < 4.78 is 27.1. The second-order valence-corrected chi connectivity index (χ2v) is 6.89. The van der Waals surface area contributed by atoms with Gasteiger partial charge in [0, 0.05) is 13.1 Å². The molecule has 0 spiro atoms. The van der Waals surface area contributed by atoms with Crippen LogP contribution in [0.1, 0.15) is 19.8 Å². The van der Waals surface area contributed by atoms with Gasteiger partial charge in [0.1, 0.15) is 4.90 Å². The molecule has 0 fully saturated rings. The van der Waals surface area contributed by atoms with Crippen molar-refractivity contribution in [1.82, 2.24) is 4.72 Å². The van der Waals surface area contributed by atoms with Gasteiger partial charge in [-0.3, -0.25) is 0 Å². The Morgan fingerprint density at radius 1 is 1.21 bits per heavy atom. The molecule has 0 aliphatic heterocycles. The van der Waals surface area contributed by atoms with Gasteiger partial charge in [0.2, 0.25) is 10.0 Å². The number of para-hydroxylation sites is 1. The van der Waals surface area contributed by atoms with Crippen LogP contribution in [-0.2, 0) is 10.0 Å². The normalized spacial score (nSPS) is 11.5. The van der Waals surface area contributed by atoms with E-state index in [0.29, 0.717) is 17.1 Å². The van der Waals surface area contributed by atoms with Crippen molar-refractivity contribution < 1.29 is 8.42 Å². The zero-order chi connectivity index (χ0) is 14.1. The van der Waals surface area contributed by atoms with E-state index in [1.807, 2.05) is 19.2 Å². The minimum Gasteiger partial charge on any atom is -0.384 e. The molecule has 0 bridgehead atoms. The second-order valence-electron chi connectivity index (χ2n) is 4.17. The Bertz CT molecular complexity index is 475. The molecule has 0 atom stereocenters. The smallest absolute Gasteiger partial charge is 0.242 e. The van der Waals surface area contributed by atoms with Gasteiger partial charge in [-0.25, -0.2) is 13.1 Å². The molecule has 0 unspecified atom stereocenters. The highest BCUT2D eigenvalue weighted by atomic mass is 32.2. The summed E-state index contributed by atoms with van der Waals surface area (Å²) in [6.07, 6.45) is 3.80. The molecule has 0 aliphatic carbocycles. The third kappa shape index (κ3) is 5.42. The summed E-state index contributed by atoms with van der Waals surface area (Å²) in [6, 6.07) is 7.01. The van der Waals surface area contributed by atoms with E-state index in [4.69, 9.17) is 0 Å². The third-order valence-corrected chi connectivity index (χ3v) is 4.78. The molecule has 0 amide bonds. The van der Waals surface area contributed by atoms with E-state index < -0.39 is 10.0 Å². The van der Waals surface area contributed by atoms with Crippen LogP contribution < -0.4 is 10.0 Å².